The molecule has 0 spiro atoms. The zero-order valence-electron chi connectivity index (χ0n) is 17.9. The van der Waals surface area contributed by atoms with Crippen molar-refractivity contribution in [3.05, 3.63) is 11.6 Å². The second-order valence-electron chi connectivity index (χ2n) is 7.69. The van der Waals surface area contributed by atoms with Gasteiger partial charge < -0.3 is 20.9 Å². The van der Waals surface area contributed by atoms with E-state index in [9.17, 15) is 19.5 Å². The maximum Gasteiger partial charge on any atom is 0.331 e. The molecule has 0 saturated carbocycles. The van der Waals surface area contributed by atoms with Gasteiger partial charge in [0.15, 0.2) is 5.96 Å². The van der Waals surface area contributed by atoms with Gasteiger partial charge in [-0.2, -0.15) is 0 Å². The molecule has 0 radical (unpaired) electrons. The van der Waals surface area contributed by atoms with Gasteiger partial charge in [0.2, 0.25) is 11.8 Å². The van der Waals surface area contributed by atoms with Crippen molar-refractivity contribution in [2.75, 3.05) is 0 Å². The predicted octanol–water partition coefficient (Wildman–Crippen LogP) is 1.33. The highest BCUT2D eigenvalue weighted by Gasteiger charge is 2.37. The normalized spacial score (nSPS) is 22.4. The molecular weight excluding hydrogens is 376 g/mol. The quantitative estimate of drug-likeness (QED) is 0.333. The minimum absolute atomic E-state index is 0.0593. The number of nitrogens with one attached hydrogen (secondary N) is 2. The summed E-state index contributed by atoms with van der Waals surface area (Å²) in [4.78, 5) is 39.7. The molecule has 0 aliphatic heterocycles. The highest BCUT2D eigenvalue weighted by Crippen LogP contribution is 2.26. The number of hydrogen-bond acceptors (Lipinski definition) is 5. The molecule has 0 unspecified atom stereocenters. The van der Waals surface area contributed by atoms with Crippen molar-refractivity contribution in [1.29, 1.82) is 0 Å². The fourth-order valence-corrected chi connectivity index (χ4v) is 3.24. The van der Waals surface area contributed by atoms with Crippen LogP contribution >= 0.6 is 0 Å². The van der Waals surface area contributed by atoms with Crippen LogP contribution in [0.3, 0.4) is 0 Å². The second kappa shape index (κ2) is 11.5. The third-order valence-electron chi connectivity index (χ3n) is 4.63. The smallest absolute Gasteiger partial charge is 0.331 e. The van der Waals surface area contributed by atoms with E-state index in [-0.39, 0.29) is 48.2 Å². The number of carboxylic acid groups (broad SMARTS) is 1. The lowest BCUT2D eigenvalue weighted by Crippen LogP contribution is -2.54. The standard InChI is InChI=1S/C20H34N4O5/c1-6-14(7-2)29-16-10-13(19(27)28)9-15(18(16)22-12(5)25)23-20(21)24-17(26)8-11(3)4/h10-11,14-16,18H,6-9H2,1-5H3,(H,22,25)(H,27,28)(H3,21,23,24,26)/t15-,16+,18+/m0/s1. The average Bonchev–Trinajstić information content (AvgIpc) is 2.60. The van der Waals surface area contributed by atoms with Crippen LogP contribution in [0.1, 0.15) is 60.3 Å². The van der Waals surface area contributed by atoms with Crippen molar-refractivity contribution in [2.24, 2.45) is 16.6 Å². The summed E-state index contributed by atoms with van der Waals surface area (Å²) in [5, 5.41) is 14.8. The van der Waals surface area contributed by atoms with E-state index in [1.807, 2.05) is 27.7 Å². The number of hydrogen-bond donors (Lipinski definition) is 4. The number of nitrogens with zero attached hydrogens (tertiary/aromatic N) is 1. The first kappa shape index (κ1) is 24.6. The van der Waals surface area contributed by atoms with E-state index in [0.29, 0.717) is 0 Å². The van der Waals surface area contributed by atoms with E-state index in [4.69, 9.17) is 10.5 Å². The van der Waals surface area contributed by atoms with Crippen LogP contribution in [0.25, 0.3) is 0 Å². The van der Waals surface area contributed by atoms with E-state index in [2.05, 4.69) is 15.6 Å². The highest BCUT2D eigenvalue weighted by atomic mass is 16.5. The number of amides is 2. The van der Waals surface area contributed by atoms with Gasteiger partial charge in [-0.15, -0.1) is 0 Å². The fourth-order valence-electron chi connectivity index (χ4n) is 3.24. The first-order valence-electron chi connectivity index (χ1n) is 10.1. The molecule has 0 saturated heterocycles. The molecule has 0 aromatic carbocycles. The average molecular weight is 411 g/mol. The van der Waals surface area contributed by atoms with Gasteiger partial charge in [-0.3, -0.25) is 14.9 Å². The van der Waals surface area contributed by atoms with Gasteiger partial charge in [-0.1, -0.05) is 27.7 Å². The Kier molecular flexibility index (Phi) is 9.80. The third-order valence-corrected chi connectivity index (χ3v) is 4.63. The summed E-state index contributed by atoms with van der Waals surface area (Å²) in [6.45, 7) is 9.14. The van der Waals surface area contributed by atoms with E-state index in [1.54, 1.807) is 0 Å². The zero-order chi connectivity index (χ0) is 22.1. The first-order valence-corrected chi connectivity index (χ1v) is 10.1. The van der Waals surface area contributed by atoms with Crippen LogP contribution in [0.5, 0.6) is 0 Å². The molecule has 164 valence electrons. The molecule has 0 fully saturated rings. The van der Waals surface area contributed by atoms with Crippen LogP contribution in [0.4, 0.5) is 0 Å². The van der Waals surface area contributed by atoms with Gasteiger partial charge in [0.25, 0.3) is 0 Å². The molecule has 0 heterocycles. The van der Waals surface area contributed by atoms with Crippen molar-refractivity contribution >= 4 is 23.7 Å². The molecule has 1 rings (SSSR count). The van der Waals surface area contributed by atoms with Gasteiger partial charge in [0.05, 0.1) is 24.3 Å². The number of guanidine groups is 1. The minimum Gasteiger partial charge on any atom is -0.478 e. The van der Waals surface area contributed by atoms with E-state index in [1.165, 1.54) is 13.0 Å². The fraction of sp³-hybridized carbons (Fsp3) is 0.700. The molecule has 29 heavy (non-hydrogen) atoms. The van der Waals surface area contributed by atoms with Gasteiger partial charge in [-0.05, 0) is 24.8 Å². The number of aliphatic imine (C=N–C) groups is 1. The lowest BCUT2D eigenvalue weighted by molar-refractivity contribution is -0.133. The van der Waals surface area contributed by atoms with E-state index < -0.39 is 24.2 Å². The largest absolute Gasteiger partial charge is 0.478 e. The van der Waals surface area contributed by atoms with Crippen LogP contribution in [-0.4, -0.2) is 53.1 Å². The van der Waals surface area contributed by atoms with Gasteiger partial charge in [0.1, 0.15) is 0 Å². The number of carbonyl (C=O) groups is 3. The highest BCUT2D eigenvalue weighted by molar-refractivity contribution is 5.96. The third kappa shape index (κ3) is 8.23. The lowest BCUT2D eigenvalue weighted by atomic mass is 9.88. The Morgan fingerprint density at radius 3 is 2.41 bits per heavy atom. The van der Waals surface area contributed by atoms with Crippen molar-refractivity contribution in [1.82, 2.24) is 10.6 Å². The molecule has 1 aliphatic rings. The number of carbonyl (C=O) groups excluding carboxylic acids is 2. The Morgan fingerprint density at radius 1 is 1.31 bits per heavy atom. The molecule has 1 aliphatic carbocycles. The van der Waals surface area contributed by atoms with Crippen molar-refractivity contribution in [2.45, 2.75) is 84.6 Å². The second-order valence-corrected chi connectivity index (χ2v) is 7.69. The summed E-state index contributed by atoms with van der Waals surface area (Å²) in [5.74, 6) is -1.59. The van der Waals surface area contributed by atoms with Gasteiger partial charge in [0, 0.05) is 25.3 Å². The number of nitrogens with two attached hydrogens (primary N) is 1. The summed E-state index contributed by atoms with van der Waals surface area (Å²) >= 11 is 0. The van der Waals surface area contributed by atoms with Crippen molar-refractivity contribution < 1.29 is 24.2 Å². The van der Waals surface area contributed by atoms with Crippen molar-refractivity contribution in [3.8, 4) is 0 Å². The van der Waals surface area contributed by atoms with Gasteiger partial charge >= 0.3 is 5.97 Å². The van der Waals surface area contributed by atoms with E-state index in [0.717, 1.165) is 12.8 Å². The monoisotopic (exact) mass is 410 g/mol. The number of aliphatic carboxylic acids is 1. The zero-order valence-corrected chi connectivity index (χ0v) is 17.9. The first-order chi connectivity index (χ1) is 13.6. The van der Waals surface area contributed by atoms with Gasteiger partial charge in [-0.25, -0.2) is 9.79 Å². The van der Waals surface area contributed by atoms with Crippen molar-refractivity contribution in [3.63, 3.8) is 0 Å². The maximum atomic E-state index is 12.0. The topological polar surface area (TPSA) is 143 Å². The SMILES string of the molecule is CCC(CC)O[C@@H]1C=C(C(=O)O)C[C@H](N=C(N)NC(=O)CC(C)C)[C@H]1NC(C)=O. The summed E-state index contributed by atoms with van der Waals surface area (Å²) in [6, 6.07) is -1.29. The maximum absolute atomic E-state index is 12.0. The molecule has 3 atom stereocenters. The Morgan fingerprint density at radius 2 is 1.93 bits per heavy atom. The molecule has 5 N–H and O–H groups in total. The molecule has 0 aromatic heterocycles. The Bertz CT molecular complexity index is 655. The van der Waals surface area contributed by atoms with Crippen LogP contribution < -0.4 is 16.4 Å². The minimum atomic E-state index is -1.08. The molecule has 9 nitrogen and oxygen atoms in total. The van der Waals surface area contributed by atoms with Crippen LogP contribution in [0, 0.1) is 5.92 Å². The molecule has 2 amide bonds. The Balaban J connectivity index is 3.18. The summed E-state index contributed by atoms with van der Waals surface area (Å²) in [7, 11) is 0. The van der Waals surface area contributed by atoms with Crippen LogP contribution in [0.15, 0.2) is 16.6 Å². The van der Waals surface area contributed by atoms with Crippen LogP contribution in [0.2, 0.25) is 0 Å². The van der Waals surface area contributed by atoms with Crippen LogP contribution in [-0.2, 0) is 19.1 Å². The van der Waals surface area contributed by atoms with E-state index >= 15 is 0 Å². The number of ether oxygens (including phenoxy) is 1. The predicted molar refractivity (Wildman–Crippen MR) is 110 cm³/mol. The lowest BCUT2D eigenvalue weighted by Gasteiger charge is -2.36. The number of rotatable bonds is 9. The summed E-state index contributed by atoms with van der Waals surface area (Å²) < 4.78 is 6.08. The molecule has 0 bridgehead atoms. The number of carboxylic acids is 1. The molecule has 0 aromatic rings. The molecular formula is C20H34N4O5. The summed E-state index contributed by atoms with van der Waals surface area (Å²) in [5.41, 5.74) is 6.03. The Labute approximate surface area is 172 Å². The Hall–Kier alpha value is -2.42. The molecule has 9 heteroatoms. The summed E-state index contributed by atoms with van der Waals surface area (Å²) in [6.07, 6.45) is 2.61.